The van der Waals surface area contributed by atoms with E-state index in [0.717, 1.165) is 31.4 Å². The van der Waals surface area contributed by atoms with Crippen molar-refractivity contribution in [3.05, 3.63) is 48.4 Å². The van der Waals surface area contributed by atoms with Crippen molar-refractivity contribution in [3.8, 4) is 0 Å². The van der Waals surface area contributed by atoms with Crippen LogP contribution in [0.4, 0.5) is 0 Å². The molecule has 1 saturated heterocycles. The maximum atomic E-state index is 12.5. The van der Waals surface area contributed by atoms with Crippen LogP contribution in [0.5, 0.6) is 0 Å². The number of sulfone groups is 1. The number of ether oxygens (including phenoxy) is 2. The summed E-state index contributed by atoms with van der Waals surface area (Å²) >= 11 is 0. The first-order valence-corrected chi connectivity index (χ1v) is 9.72. The molecule has 1 aliphatic heterocycles. The van der Waals surface area contributed by atoms with Gasteiger partial charge < -0.3 is 13.9 Å². The molecule has 3 rings (SSSR count). The van der Waals surface area contributed by atoms with Gasteiger partial charge >= 0.3 is 5.22 Å². The summed E-state index contributed by atoms with van der Waals surface area (Å²) < 4.78 is 41.5. The summed E-state index contributed by atoms with van der Waals surface area (Å²) in [6.07, 6.45) is 6.16. The van der Waals surface area contributed by atoms with E-state index < -0.39 is 9.84 Å². The Bertz CT molecular complexity index is 820. The fourth-order valence-corrected chi connectivity index (χ4v) is 3.60. The van der Waals surface area contributed by atoms with Crippen LogP contribution in [0.2, 0.25) is 0 Å². The Hall–Kier alpha value is -1.96. The Balaban J connectivity index is 1.67. The zero-order valence-corrected chi connectivity index (χ0v) is 14.9. The lowest BCUT2D eigenvalue weighted by atomic mass is 10.2. The van der Waals surface area contributed by atoms with Gasteiger partial charge in [0.1, 0.15) is 0 Å². The van der Waals surface area contributed by atoms with E-state index in [4.69, 9.17) is 13.9 Å². The number of benzene rings is 1. The van der Waals surface area contributed by atoms with Gasteiger partial charge in [-0.3, -0.25) is 0 Å². The van der Waals surface area contributed by atoms with E-state index in [9.17, 15) is 8.42 Å². The molecular weight excluding hydrogens is 342 g/mol. The fraction of sp³-hybridized carbons (Fsp3) is 0.389. The number of hydrogen-bond acceptors (Lipinski definition) is 6. The SMILES string of the molecule is C/C(=C/COC1CCCCO1)c1cnc(S(=O)(=O)c2ccccc2)o1. The normalized spacial score (nSPS) is 19.1. The molecule has 1 aliphatic rings. The van der Waals surface area contributed by atoms with Crippen molar-refractivity contribution in [3.63, 3.8) is 0 Å². The van der Waals surface area contributed by atoms with Gasteiger partial charge in [-0.25, -0.2) is 13.4 Å². The predicted molar refractivity (Wildman–Crippen MR) is 91.6 cm³/mol. The second-order valence-electron chi connectivity index (χ2n) is 5.82. The third-order valence-electron chi connectivity index (χ3n) is 3.97. The van der Waals surface area contributed by atoms with E-state index in [0.29, 0.717) is 12.4 Å². The van der Waals surface area contributed by atoms with Crippen molar-refractivity contribution in [2.45, 2.75) is 42.6 Å². The Morgan fingerprint density at radius 3 is 2.84 bits per heavy atom. The lowest BCUT2D eigenvalue weighted by Gasteiger charge is -2.22. The minimum Gasteiger partial charge on any atom is -0.428 e. The van der Waals surface area contributed by atoms with E-state index in [1.54, 1.807) is 18.2 Å². The third kappa shape index (κ3) is 4.36. The smallest absolute Gasteiger partial charge is 0.320 e. The van der Waals surface area contributed by atoms with E-state index >= 15 is 0 Å². The highest BCUT2D eigenvalue weighted by Crippen LogP contribution is 2.23. The molecule has 0 saturated carbocycles. The summed E-state index contributed by atoms with van der Waals surface area (Å²) in [4.78, 5) is 4.08. The number of nitrogens with zero attached hydrogens (tertiary/aromatic N) is 1. The standard InChI is InChI=1S/C18H21NO5S/c1-14(10-12-23-17-9-5-6-11-22-17)16-13-19-18(24-16)25(20,21)15-7-3-2-4-8-15/h2-4,7-8,10,13,17H,5-6,9,11-12H2,1H3/b14-10-. The first kappa shape index (κ1) is 17.8. The molecule has 0 amide bonds. The Labute approximate surface area is 147 Å². The van der Waals surface area contributed by atoms with Crippen LogP contribution >= 0.6 is 0 Å². The van der Waals surface area contributed by atoms with Crippen molar-refractivity contribution < 1.29 is 22.3 Å². The zero-order valence-electron chi connectivity index (χ0n) is 14.1. The minimum atomic E-state index is -3.75. The number of oxazole rings is 1. The molecule has 1 fully saturated rings. The van der Waals surface area contributed by atoms with Crippen LogP contribution in [-0.2, 0) is 19.3 Å². The molecule has 0 spiro atoms. The van der Waals surface area contributed by atoms with Gasteiger partial charge in [0, 0.05) is 6.61 Å². The van der Waals surface area contributed by atoms with Crippen LogP contribution in [0.3, 0.4) is 0 Å². The molecule has 2 heterocycles. The maximum absolute atomic E-state index is 12.5. The van der Waals surface area contributed by atoms with Crippen molar-refractivity contribution in [1.82, 2.24) is 4.98 Å². The van der Waals surface area contributed by atoms with Crippen LogP contribution in [-0.4, -0.2) is 32.9 Å². The Morgan fingerprint density at radius 2 is 2.12 bits per heavy atom. The number of allylic oxidation sites excluding steroid dienone is 1. The molecule has 0 bridgehead atoms. The summed E-state index contributed by atoms with van der Waals surface area (Å²) in [6.45, 7) is 2.93. The molecule has 134 valence electrons. The van der Waals surface area contributed by atoms with E-state index in [1.807, 2.05) is 13.0 Å². The van der Waals surface area contributed by atoms with Gasteiger partial charge in [0.25, 0.3) is 9.84 Å². The van der Waals surface area contributed by atoms with Gasteiger partial charge in [0.2, 0.25) is 0 Å². The molecule has 1 atom stereocenters. The highest BCUT2D eigenvalue weighted by Gasteiger charge is 2.23. The summed E-state index contributed by atoms with van der Waals surface area (Å²) in [5.41, 5.74) is 0.762. The van der Waals surface area contributed by atoms with Crippen LogP contribution < -0.4 is 0 Å². The Morgan fingerprint density at radius 1 is 1.32 bits per heavy atom. The van der Waals surface area contributed by atoms with Crippen LogP contribution in [0.25, 0.3) is 5.57 Å². The second-order valence-corrected chi connectivity index (χ2v) is 7.65. The van der Waals surface area contributed by atoms with E-state index in [2.05, 4.69) is 4.98 Å². The average Bonchev–Trinajstić information content (AvgIpc) is 3.14. The molecule has 1 aromatic carbocycles. The van der Waals surface area contributed by atoms with Gasteiger partial charge in [-0.15, -0.1) is 0 Å². The lowest BCUT2D eigenvalue weighted by molar-refractivity contribution is -0.155. The highest BCUT2D eigenvalue weighted by molar-refractivity contribution is 7.91. The molecule has 7 heteroatoms. The van der Waals surface area contributed by atoms with Gasteiger partial charge in [-0.2, -0.15) is 0 Å². The predicted octanol–water partition coefficient (Wildman–Crippen LogP) is 3.45. The largest absolute Gasteiger partial charge is 0.428 e. The zero-order chi connectivity index (χ0) is 17.7. The van der Waals surface area contributed by atoms with Gasteiger partial charge in [-0.1, -0.05) is 24.3 Å². The van der Waals surface area contributed by atoms with Crippen molar-refractivity contribution in [2.75, 3.05) is 13.2 Å². The minimum absolute atomic E-state index is 0.155. The van der Waals surface area contributed by atoms with E-state index in [-0.39, 0.29) is 16.4 Å². The molecule has 0 radical (unpaired) electrons. The molecule has 6 nitrogen and oxygen atoms in total. The first-order chi connectivity index (χ1) is 12.1. The maximum Gasteiger partial charge on any atom is 0.320 e. The highest BCUT2D eigenvalue weighted by atomic mass is 32.2. The van der Waals surface area contributed by atoms with Crippen molar-refractivity contribution in [1.29, 1.82) is 0 Å². The molecule has 2 aromatic rings. The summed E-state index contributed by atoms with van der Waals surface area (Å²) in [7, 11) is -3.75. The molecule has 0 aliphatic carbocycles. The summed E-state index contributed by atoms with van der Waals surface area (Å²) in [5.74, 6) is 0.405. The second kappa shape index (κ2) is 7.95. The van der Waals surface area contributed by atoms with Crippen LogP contribution in [0, 0.1) is 0 Å². The monoisotopic (exact) mass is 363 g/mol. The van der Waals surface area contributed by atoms with Crippen molar-refractivity contribution >= 4 is 15.4 Å². The third-order valence-corrected chi connectivity index (χ3v) is 5.51. The van der Waals surface area contributed by atoms with E-state index in [1.165, 1.54) is 18.3 Å². The Kier molecular flexibility index (Phi) is 5.67. The quantitative estimate of drug-likeness (QED) is 0.782. The lowest BCUT2D eigenvalue weighted by Crippen LogP contribution is -2.22. The molecule has 1 unspecified atom stereocenters. The van der Waals surface area contributed by atoms with Crippen molar-refractivity contribution in [2.24, 2.45) is 0 Å². The van der Waals surface area contributed by atoms with Crippen LogP contribution in [0.15, 0.2) is 57.1 Å². The number of rotatable bonds is 6. The van der Waals surface area contributed by atoms with Crippen LogP contribution in [0.1, 0.15) is 31.9 Å². The van der Waals surface area contributed by atoms with Gasteiger partial charge in [-0.05, 0) is 43.9 Å². The summed E-state index contributed by atoms with van der Waals surface area (Å²) in [6, 6.07) is 8.10. The number of hydrogen-bond donors (Lipinski definition) is 0. The topological polar surface area (TPSA) is 78.6 Å². The molecule has 0 N–H and O–H groups in total. The van der Waals surface area contributed by atoms with Gasteiger partial charge in [0.05, 0.1) is 17.7 Å². The van der Waals surface area contributed by atoms with Gasteiger partial charge in [0.15, 0.2) is 12.1 Å². The molecule has 25 heavy (non-hydrogen) atoms. The average molecular weight is 363 g/mol. The molecule has 1 aromatic heterocycles. The number of aromatic nitrogens is 1. The first-order valence-electron chi connectivity index (χ1n) is 8.23. The summed E-state index contributed by atoms with van der Waals surface area (Å²) in [5, 5.41) is -0.307. The molecular formula is C18H21NO5S. The fourth-order valence-electron chi connectivity index (χ4n) is 2.49.